The highest BCUT2D eigenvalue weighted by molar-refractivity contribution is 5.90. The zero-order chi connectivity index (χ0) is 14.5. The van der Waals surface area contributed by atoms with Crippen LogP contribution >= 0.6 is 0 Å². The van der Waals surface area contributed by atoms with Crippen molar-refractivity contribution in [3.63, 3.8) is 0 Å². The molecule has 1 atom stereocenters. The van der Waals surface area contributed by atoms with Crippen LogP contribution in [0.3, 0.4) is 0 Å². The third kappa shape index (κ3) is 3.69. The summed E-state index contributed by atoms with van der Waals surface area (Å²) in [5.41, 5.74) is -0.443. The zero-order valence-corrected chi connectivity index (χ0v) is 12.7. The minimum atomic E-state index is -0.443. The summed E-state index contributed by atoms with van der Waals surface area (Å²) in [6.07, 6.45) is 3.55. The second-order valence-corrected chi connectivity index (χ2v) is 5.48. The molecular weight excluding hydrogens is 242 g/mol. The summed E-state index contributed by atoms with van der Waals surface area (Å²) in [5.74, 6) is 0.0654. The molecule has 110 valence electrons. The highest BCUT2D eigenvalue weighted by Gasteiger charge is 2.41. The molecule has 0 aromatic heterocycles. The Morgan fingerprint density at radius 1 is 1.26 bits per heavy atom. The lowest BCUT2D eigenvalue weighted by Crippen LogP contribution is -2.56. The standard InChI is InChI=1S/C14H27N3O2/c1-5-10-17(11-12(18)16(3)4)13(19)14(6-2)8-7-9-15-14/h15H,5-11H2,1-4H3. The third-order valence-corrected chi connectivity index (χ3v) is 3.86. The first-order valence-electron chi connectivity index (χ1n) is 7.21. The monoisotopic (exact) mass is 269 g/mol. The lowest BCUT2D eigenvalue weighted by molar-refractivity contribution is -0.143. The van der Waals surface area contributed by atoms with E-state index in [1.165, 1.54) is 4.90 Å². The number of nitrogens with zero attached hydrogens (tertiary/aromatic N) is 2. The average Bonchev–Trinajstić information content (AvgIpc) is 2.87. The fourth-order valence-electron chi connectivity index (χ4n) is 2.57. The van der Waals surface area contributed by atoms with Gasteiger partial charge in [0.15, 0.2) is 0 Å². The van der Waals surface area contributed by atoms with Crippen LogP contribution in [0, 0.1) is 0 Å². The predicted molar refractivity (Wildman–Crippen MR) is 75.8 cm³/mol. The van der Waals surface area contributed by atoms with Gasteiger partial charge in [0.1, 0.15) is 0 Å². The van der Waals surface area contributed by atoms with Crippen LogP contribution in [0.4, 0.5) is 0 Å². The molecule has 19 heavy (non-hydrogen) atoms. The summed E-state index contributed by atoms with van der Waals surface area (Å²) < 4.78 is 0. The van der Waals surface area contributed by atoms with E-state index in [4.69, 9.17) is 0 Å². The summed E-state index contributed by atoms with van der Waals surface area (Å²) in [6, 6.07) is 0. The van der Waals surface area contributed by atoms with E-state index < -0.39 is 5.54 Å². The predicted octanol–water partition coefficient (Wildman–Crippen LogP) is 0.845. The van der Waals surface area contributed by atoms with Crippen molar-refractivity contribution in [1.29, 1.82) is 0 Å². The van der Waals surface area contributed by atoms with Crippen LogP contribution in [0.15, 0.2) is 0 Å². The number of likely N-dealkylation sites (N-methyl/N-ethyl adjacent to an activating group) is 1. The van der Waals surface area contributed by atoms with Crippen molar-refractivity contribution in [3.8, 4) is 0 Å². The van der Waals surface area contributed by atoms with Crippen LogP contribution < -0.4 is 5.32 Å². The quantitative estimate of drug-likeness (QED) is 0.777. The van der Waals surface area contributed by atoms with Crippen LogP contribution in [0.1, 0.15) is 39.5 Å². The number of hydrogen-bond donors (Lipinski definition) is 1. The van der Waals surface area contributed by atoms with Crippen LogP contribution in [0.5, 0.6) is 0 Å². The number of amides is 2. The minimum absolute atomic E-state index is 0.0222. The van der Waals surface area contributed by atoms with Crippen molar-refractivity contribution >= 4 is 11.8 Å². The topological polar surface area (TPSA) is 52.7 Å². The van der Waals surface area contributed by atoms with E-state index in [0.29, 0.717) is 6.54 Å². The van der Waals surface area contributed by atoms with Gasteiger partial charge in [0.25, 0.3) is 0 Å². The molecule has 0 bridgehead atoms. The fourth-order valence-corrected chi connectivity index (χ4v) is 2.57. The minimum Gasteiger partial charge on any atom is -0.347 e. The molecule has 1 heterocycles. The van der Waals surface area contributed by atoms with Gasteiger partial charge in [-0.1, -0.05) is 13.8 Å². The van der Waals surface area contributed by atoms with Crippen molar-refractivity contribution in [2.24, 2.45) is 0 Å². The molecule has 2 amide bonds. The number of hydrogen-bond acceptors (Lipinski definition) is 3. The Labute approximate surface area is 116 Å². The molecule has 5 nitrogen and oxygen atoms in total. The molecule has 1 N–H and O–H groups in total. The van der Waals surface area contributed by atoms with Crippen molar-refractivity contribution in [1.82, 2.24) is 15.1 Å². The Kier molecular flexibility index (Phi) is 5.79. The van der Waals surface area contributed by atoms with Gasteiger partial charge in [-0.25, -0.2) is 0 Å². The Morgan fingerprint density at radius 3 is 2.37 bits per heavy atom. The largest absolute Gasteiger partial charge is 0.347 e. The number of nitrogens with one attached hydrogen (secondary N) is 1. The first-order chi connectivity index (χ1) is 8.96. The molecule has 1 unspecified atom stereocenters. The molecule has 1 aliphatic rings. The van der Waals surface area contributed by atoms with E-state index in [2.05, 4.69) is 5.32 Å². The lowest BCUT2D eigenvalue weighted by atomic mass is 9.92. The van der Waals surface area contributed by atoms with Gasteiger partial charge in [0, 0.05) is 20.6 Å². The molecule has 0 radical (unpaired) electrons. The van der Waals surface area contributed by atoms with E-state index in [9.17, 15) is 9.59 Å². The highest BCUT2D eigenvalue weighted by atomic mass is 16.2. The number of carbonyl (C=O) groups is 2. The van der Waals surface area contributed by atoms with Gasteiger partial charge in [-0.2, -0.15) is 0 Å². The molecular formula is C14H27N3O2. The van der Waals surface area contributed by atoms with Gasteiger partial charge in [0.05, 0.1) is 12.1 Å². The van der Waals surface area contributed by atoms with Crippen LogP contribution in [-0.4, -0.2) is 60.9 Å². The molecule has 0 aliphatic carbocycles. The maximum Gasteiger partial charge on any atom is 0.243 e. The molecule has 1 fully saturated rings. The summed E-state index contributed by atoms with van der Waals surface area (Å²) in [5, 5.41) is 3.34. The summed E-state index contributed by atoms with van der Waals surface area (Å²) in [6.45, 7) is 5.78. The summed E-state index contributed by atoms with van der Waals surface area (Å²) >= 11 is 0. The second-order valence-electron chi connectivity index (χ2n) is 5.48. The van der Waals surface area contributed by atoms with E-state index in [1.54, 1.807) is 19.0 Å². The molecule has 0 spiro atoms. The molecule has 1 saturated heterocycles. The second kappa shape index (κ2) is 6.89. The summed E-state index contributed by atoms with van der Waals surface area (Å²) in [7, 11) is 3.45. The molecule has 1 rings (SSSR count). The van der Waals surface area contributed by atoms with Gasteiger partial charge in [-0.3, -0.25) is 9.59 Å². The Morgan fingerprint density at radius 2 is 1.95 bits per heavy atom. The van der Waals surface area contributed by atoms with Gasteiger partial charge in [0.2, 0.25) is 11.8 Å². The molecule has 0 aromatic rings. The maximum absolute atomic E-state index is 12.7. The van der Waals surface area contributed by atoms with Gasteiger partial charge in [-0.15, -0.1) is 0 Å². The van der Waals surface area contributed by atoms with E-state index in [-0.39, 0.29) is 18.4 Å². The highest BCUT2D eigenvalue weighted by Crippen LogP contribution is 2.25. The number of carbonyl (C=O) groups excluding carboxylic acids is 2. The number of rotatable bonds is 6. The molecule has 0 saturated carbocycles. The van der Waals surface area contributed by atoms with Crippen molar-refractivity contribution in [2.45, 2.75) is 45.1 Å². The Hall–Kier alpha value is -1.10. The Bertz CT molecular complexity index is 323. The smallest absolute Gasteiger partial charge is 0.243 e. The lowest BCUT2D eigenvalue weighted by Gasteiger charge is -2.34. The zero-order valence-electron chi connectivity index (χ0n) is 12.7. The first-order valence-corrected chi connectivity index (χ1v) is 7.21. The van der Waals surface area contributed by atoms with Gasteiger partial charge < -0.3 is 15.1 Å². The summed E-state index contributed by atoms with van der Waals surface area (Å²) in [4.78, 5) is 27.8. The van der Waals surface area contributed by atoms with Crippen LogP contribution in [0.2, 0.25) is 0 Å². The van der Waals surface area contributed by atoms with Crippen LogP contribution in [-0.2, 0) is 9.59 Å². The van der Waals surface area contributed by atoms with Gasteiger partial charge >= 0.3 is 0 Å². The van der Waals surface area contributed by atoms with E-state index in [0.717, 1.165) is 32.2 Å². The molecule has 1 aliphatic heterocycles. The van der Waals surface area contributed by atoms with Crippen LogP contribution in [0.25, 0.3) is 0 Å². The third-order valence-electron chi connectivity index (χ3n) is 3.86. The van der Waals surface area contributed by atoms with Crippen molar-refractivity contribution < 1.29 is 9.59 Å². The molecule has 0 aromatic carbocycles. The van der Waals surface area contributed by atoms with E-state index in [1.807, 2.05) is 13.8 Å². The maximum atomic E-state index is 12.7. The van der Waals surface area contributed by atoms with Crippen molar-refractivity contribution in [2.75, 3.05) is 33.7 Å². The van der Waals surface area contributed by atoms with E-state index >= 15 is 0 Å². The normalized spacial score (nSPS) is 22.3. The van der Waals surface area contributed by atoms with Gasteiger partial charge in [-0.05, 0) is 32.2 Å². The van der Waals surface area contributed by atoms with Crippen molar-refractivity contribution in [3.05, 3.63) is 0 Å². The average molecular weight is 269 g/mol. The fraction of sp³-hybridized carbons (Fsp3) is 0.857. The first kappa shape index (κ1) is 16.0. The molecule has 5 heteroatoms. The Balaban J connectivity index is 2.79. The SMILES string of the molecule is CCCN(CC(=O)N(C)C)C(=O)C1(CC)CCCN1.